The van der Waals surface area contributed by atoms with Gasteiger partial charge in [-0.3, -0.25) is 4.79 Å². The second-order valence-corrected chi connectivity index (χ2v) is 3.87. The van der Waals surface area contributed by atoms with Gasteiger partial charge < -0.3 is 14.4 Å². The maximum absolute atomic E-state index is 10.3. The molecular formula is C7H15N2O4+. The van der Waals surface area contributed by atoms with Crippen LogP contribution in [-0.4, -0.2) is 49.4 Å². The number of carbonyl (C=O) groups is 1. The van der Waals surface area contributed by atoms with Crippen molar-refractivity contribution in [3.8, 4) is 0 Å². The molecule has 0 fully saturated rings. The molecule has 0 heterocycles. The molecule has 1 unspecified atom stereocenters. The smallest absolute Gasteiger partial charge is 0.307 e. The molecular weight excluding hydrogens is 176 g/mol. The van der Waals surface area contributed by atoms with Crippen LogP contribution in [0.1, 0.15) is 6.42 Å². The van der Waals surface area contributed by atoms with Crippen LogP contribution < -0.4 is 0 Å². The van der Waals surface area contributed by atoms with Crippen LogP contribution in [-0.2, 0) is 9.63 Å². The average Bonchev–Trinajstić information content (AvgIpc) is 1.81. The Hall–Kier alpha value is -1.17. The Bertz CT molecular complexity index is 187. The van der Waals surface area contributed by atoms with Crippen molar-refractivity contribution in [1.29, 1.82) is 0 Å². The second kappa shape index (κ2) is 4.76. The summed E-state index contributed by atoms with van der Waals surface area (Å²) < 4.78 is 0.521. The highest BCUT2D eigenvalue weighted by Crippen LogP contribution is 2.04. The fourth-order valence-corrected chi connectivity index (χ4v) is 1.00. The molecule has 0 rings (SSSR count). The first kappa shape index (κ1) is 11.8. The third-order valence-electron chi connectivity index (χ3n) is 1.35. The summed E-state index contributed by atoms with van der Waals surface area (Å²) in [7, 11) is 5.63. The Morgan fingerprint density at radius 3 is 2.38 bits per heavy atom. The van der Waals surface area contributed by atoms with Crippen LogP contribution in [0.2, 0.25) is 0 Å². The predicted molar refractivity (Wildman–Crippen MR) is 45.8 cm³/mol. The molecule has 6 heteroatoms. The maximum atomic E-state index is 10.3. The zero-order valence-corrected chi connectivity index (χ0v) is 8.06. The molecule has 0 saturated heterocycles. The fourth-order valence-electron chi connectivity index (χ4n) is 1.00. The average molecular weight is 191 g/mol. The summed E-state index contributed by atoms with van der Waals surface area (Å²) in [5.41, 5.74) is 0. The van der Waals surface area contributed by atoms with E-state index in [1.54, 1.807) is 0 Å². The molecule has 0 aliphatic carbocycles. The van der Waals surface area contributed by atoms with Gasteiger partial charge in [0.15, 0.2) is 11.4 Å². The van der Waals surface area contributed by atoms with Crippen molar-refractivity contribution in [2.24, 2.45) is 5.34 Å². The van der Waals surface area contributed by atoms with Crippen molar-refractivity contribution in [3.05, 3.63) is 4.91 Å². The van der Waals surface area contributed by atoms with E-state index in [1.165, 1.54) is 0 Å². The number of carboxylic acid groups (broad SMARTS) is 1. The van der Waals surface area contributed by atoms with Gasteiger partial charge in [-0.2, -0.15) is 0 Å². The van der Waals surface area contributed by atoms with Crippen LogP contribution in [0.25, 0.3) is 0 Å². The highest BCUT2D eigenvalue weighted by Gasteiger charge is 2.22. The normalized spacial score (nSPS) is 13.5. The van der Waals surface area contributed by atoms with Crippen LogP contribution in [0.15, 0.2) is 5.34 Å². The minimum Gasteiger partial charge on any atom is -0.481 e. The van der Waals surface area contributed by atoms with Crippen molar-refractivity contribution in [3.63, 3.8) is 0 Å². The van der Waals surface area contributed by atoms with Crippen LogP contribution in [0, 0.1) is 4.91 Å². The first-order valence-corrected chi connectivity index (χ1v) is 3.86. The minimum absolute atomic E-state index is 0.207. The number of carboxylic acids is 1. The summed E-state index contributed by atoms with van der Waals surface area (Å²) >= 11 is 0. The van der Waals surface area contributed by atoms with Crippen LogP contribution in [0.5, 0.6) is 0 Å². The van der Waals surface area contributed by atoms with Gasteiger partial charge in [0.2, 0.25) is 0 Å². The lowest BCUT2D eigenvalue weighted by Crippen LogP contribution is -2.42. The van der Waals surface area contributed by atoms with Gasteiger partial charge in [-0.15, -0.1) is 4.91 Å². The van der Waals surface area contributed by atoms with E-state index in [2.05, 4.69) is 10.2 Å². The third-order valence-corrected chi connectivity index (χ3v) is 1.35. The lowest BCUT2D eigenvalue weighted by Gasteiger charge is -2.26. The van der Waals surface area contributed by atoms with Crippen LogP contribution >= 0.6 is 0 Å². The van der Waals surface area contributed by atoms with E-state index in [-0.39, 0.29) is 6.42 Å². The molecule has 0 aliphatic rings. The van der Waals surface area contributed by atoms with Crippen molar-refractivity contribution < 1.29 is 19.2 Å². The Labute approximate surface area is 76.6 Å². The van der Waals surface area contributed by atoms with Crippen molar-refractivity contribution in [1.82, 2.24) is 0 Å². The molecule has 0 saturated carbocycles. The van der Waals surface area contributed by atoms with Gasteiger partial charge >= 0.3 is 5.97 Å². The van der Waals surface area contributed by atoms with Gasteiger partial charge in [-0.1, -0.05) is 0 Å². The quantitative estimate of drug-likeness (QED) is 0.370. The highest BCUT2D eigenvalue weighted by molar-refractivity contribution is 5.67. The van der Waals surface area contributed by atoms with E-state index in [4.69, 9.17) is 5.11 Å². The number of hydrogen-bond acceptors (Lipinski definition) is 4. The van der Waals surface area contributed by atoms with E-state index in [9.17, 15) is 9.70 Å². The molecule has 0 bridgehead atoms. The number of rotatable bonds is 6. The lowest BCUT2D eigenvalue weighted by atomic mass is 10.2. The van der Waals surface area contributed by atoms with E-state index in [0.717, 1.165) is 0 Å². The van der Waals surface area contributed by atoms with Gasteiger partial charge in [-0.25, -0.2) is 0 Å². The van der Waals surface area contributed by atoms with Crippen LogP contribution in [0.4, 0.5) is 0 Å². The molecule has 0 aliphatic heterocycles. The molecule has 0 radical (unpaired) electrons. The summed E-state index contributed by atoms with van der Waals surface area (Å²) in [6, 6.07) is 0. The molecule has 0 aromatic rings. The molecule has 76 valence electrons. The zero-order chi connectivity index (χ0) is 10.5. The zero-order valence-electron chi connectivity index (χ0n) is 8.06. The Morgan fingerprint density at radius 2 is 2.08 bits per heavy atom. The number of nitrogens with zero attached hydrogens (tertiary/aromatic N) is 2. The third kappa shape index (κ3) is 7.20. The fraction of sp³-hybridized carbons (Fsp3) is 0.857. The molecule has 1 N–H and O–H groups in total. The van der Waals surface area contributed by atoms with E-state index in [0.29, 0.717) is 11.0 Å². The molecule has 13 heavy (non-hydrogen) atoms. The van der Waals surface area contributed by atoms with Crippen molar-refractivity contribution in [2.75, 3.05) is 27.7 Å². The summed E-state index contributed by atoms with van der Waals surface area (Å²) in [6.07, 6.45) is -0.864. The molecule has 0 aromatic heterocycles. The predicted octanol–water partition coefficient (Wildman–Crippen LogP) is 0.234. The summed E-state index contributed by atoms with van der Waals surface area (Å²) in [5, 5.41) is 10.7. The molecule has 1 atom stereocenters. The Kier molecular flexibility index (Phi) is 4.33. The van der Waals surface area contributed by atoms with E-state index in [1.807, 2.05) is 21.1 Å². The number of likely N-dealkylation sites (N-methyl/N-ethyl adjacent to an activating group) is 1. The minimum atomic E-state index is -0.998. The van der Waals surface area contributed by atoms with Gasteiger partial charge in [0, 0.05) is 0 Å². The van der Waals surface area contributed by atoms with E-state index >= 15 is 0 Å². The van der Waals surface area contributed by atoms with Gasteiger partial charge in [0.25, 0.3) is 0 Å². The SMILES string of the molecule is C[N+](C)(C)CC(CC(=O)O)ON=O. The number of aliphatic carboxylic acids is 1. The molecule has 0 spiro atoms. The number of hydrogen-bond donors (Lipinski definition) is 1. The Morgan fingerprint density at radius 1 is 1.54 bits per heavy atom. The van der Waals surface area contributed by atoms with Crippen molar-refractivity contribution in [2.45, 2.75) is 12.5 Å². The molecule has 6 nitrogen and oxygen atoms in total. The molecule has 0 amide bonds. The summed E-state index contributed by atoms with van der Waals surface area (Å²) in [5.74, 6) is -0.998. The second-order valence-electron chi connectivity index (χ2n) is 3.87. The van der Waals surface area contributed by atoms with Gasteiger partial charge in [0.05, 0.1) is 27.6 Å². The number of quaternary nitrogens is 1. The lowest BCUT2D eigenvalue weighted by molar-refractivity contribution is -0.873. The Balaban J connectivity index is 4.09. The summed E-state index contributed by atoms with van der Waals surface area (Å²) in [4.78, 5) is 24.6. The van der Waals surface area contributed by atoms with E-state index < -0.39 is 12.1 Å². The largest absolute Gasteiger partial charge is 0.481 e. The van der Waals surface area contributed by atoms with Crippen molar-refractivity contribution >= 4 is 5.97 Å². The standard InChI is InChI=1S/C7H14N2O4/c1-9(2,3)5-6(13-8-12)4-7(10)11/h6H,4-5H2,1-3H3/p+1. The maximum Gasteiger partial charge on any atom is 0.307 e. The highest BCUT2D eigenvalue weighted by atomic mass is 16.7. The summed E-state index contributed by atoms with van der Waals surface area (Å²) in [6.45, 7) is 0.429. The van der Waals surface area contributed by atoms with Gasteiger partial charge in [-0.05, 0) is 0 Å². The van der Waals surface area contributed by atoms with Gasteiger partial charge in [0.1, 0.15) is 6.54 Å². The monoisotopic (exact) mass is 191 g/mol. The molecule has 0 aromatic carbocycles. The first-order chi connectivity index (χ1) is 5.85. The van der Waals surface area contributed by atoms with Crippen LogP contribution in [0.3, 0.4) is 0 Å². The first-order valence-electron chi connectivity index (χ1n) is 3.86. The topological polar surface area (TPSA) is 76.0 Å².